The highest BCUT2D eigenvalue weighted by atomic mass is 16.4. The van der Waals surface area contributed by atoms with Crippen LogP contribution in [0.25, 0.3) is 0 Å². The molecule has 0 saturated carbocycles. The number of carboxylic acid groups (broad SMARTS) is 1. The molecular formula is C13H15NO4. The van der Waals surface area contributed by atoms with Crippen LogP contribution in [0.15, 0.2) is 30.3 Å². The van der Waals surface area contributed by atoms with Crippen LogP contribution in [-0.4, -0.2) is 28.8 Å². The predicted molar refractivity (Wildman–Crippen MR) is 65.2 cm³/mol. The molecule has 5 heteroatoms. The third-order valence-electron chi connectivity index (χ3n) is 2.42. The monoisotopic (exact) mass is 249 g/mol. The van der Waals surface area contributed by atoms with Gasteiger partial charge in [0.25, 0.3) is 0 Å². The van der Waals surface area contributed by atoms with E-state index in [2.05, 4.69) is 5.32 Å². The van der Waals surface area contributed by atoms with Crippen molar-refractivity contribution in [1.29, 1.82) is 0 Å². The van der Waals surface area contributed by atoms with Crippen molar-refractivity contribution in [3.63, 3.8) is 0 Å². The molecule has 0 aromatic heterocycles. The minimum atomic E-state index is -1.10. The zero-order valence-corrected chi connectivity index (χ0v) is 10.1. The maximum atomic E-state index is 11.7. The first-order valence-corrected chi connectivity index (χ1v) is 5.61. The molecule has 0 aliphatic rings. The Labute approximate surface area is 105 Å². The molecule has 18 heavy (non-hydrogen) atoms. The molecule has 0 heterocycles. The van der Waals surface area contributed by atoms with Gasteiger partial charge in [0, 0.05) is 18.4 Å². The number of rotatable bonds is 6. The van der Waals surface area contributed by atoms with E-state index in [1.165, 1.54) is 6.92 Å². The minimum Gasteiger partial charge on any atom is -0.480 e. The topological polar surface area (TPSA) is 83.5 Å². The minimum absolute atomic E-state index is 0.00858. The van der Waals surface area contributed by atoms with Gasteiger partial charge < -0.3 is 10.4 Å². The maximum Gasteiger partial charge on any atom is 0.325 e. The molecule has 0 unspecified atom stereocenters. The standard InChI is InChI=1S/C13H15NO4/c1-9(13(17)18)14-12(16)8-7-11(15)10-5-3-2-4-6-10/h2-6,9H,7-8H2,1H3,(H,14,16)(H,17,18)/t9-/m1/s1. The molecule has 1 rings (SSSR count). The number of aliphatic carboxylic acids is 1. The second kappa shape index (κ2) is 6.54. The molecule has 0 spiro atoms. The number of amides is 1. The largest absolute Gasteiger partial charge is 0.480 e. The molecule has 1 aromatic carbocycles. The smallest absolute Gasteiger partial charge is 0.325 e. The average Bonchev–Trinajstić information content (AvgIpc) is 2.36. The second-order valence-electron chi connectivity index (χ2n) is 3.92. The number of hydrogen-bond acceptors (Lipinski definition) is 3. The summed E-state index contributed by atoms with van der Waals surface area (Å²) in [5.41, 5.74) is 0.552. The van der Waals surface area contributed by atoms with Crippen LogP contribution in [0.5, 0.6) is 0 Å². The lowest BCUT2D eigenvalue weighted by atomic mass is 10.1. The molecule has 0 radical (unpaired) electrons. The van der Waals surface area contributed by atoms with Crippen molar-refractivity contribution in [3.05, 3.63) is 35.9 Å². The highest BCUT2D eigenvalue weighted by Gasteiger charge is 2.15. The zero-order chi connectivity index (χ0) is 13.5. The highest BCUT2D eigenvalue weighted by molar-refractivity contribution is 5.98. The van der Waals surface area contributed by atoms with Crippen molar-refractivity contribution in [2.45, 2.75) is 25.8 Å². The van der Waals surface area contributed by atoms with Crippen molar-refractivity contribution < 1.29 is 19.5 Å². The van der Waals surface area contributed by atoms with Crippen molar-refractivity contribution in [2.24, 2.45) is 0 Å². The van der Waals surface area contributed by atoms with Crippen molar-refractivity contribution in [3.8, 4) is 0 Å². The molecule has 96 valence electrons. The number of hydrogen-bond donors (Lipinski definition) is 2. The van der Waals surface area contributed by atoms with Gasteiger partial charge in [0.15, 0.2) is 5.78 Å². The average molecular weight is 249 g/mol. The molecule has 0 aliphatic heterocycles. The van der Waals surface area contributed by atoms with Gasteiger partial charge in [-0.1, -0.05) is 30.3 Å². The summed E-state index contributed by atoms with van der Waals surface area (Å²) in [6.45, 7) is 1.37. The fourth-order valence-electron chi connectivity index (χ4n) is 1.37. The van der Waals surface area contributed by atoms with E-state index in [1.54, 1.807) is 30.3 Å². The molecule has 0 fully saturated rings. The molecule has 2 N–H and O–H groups in total. The van der Waals surface area contributed by atoms with Gasteiger partial charge in [-0.3, -0.25) is 14.4 Å². The number of Topliss-reactive ketones (excluding diaryl/α,β-unsaturated/α-hetero) is 1. The third kappa shape index (κ3) is 4.37. The summed E-state index contributed by atoms with van der Waals surface area (Å²) in [7, 11) is 0. The molecule has 1 amide bonds. The molecule has 1 aromatic rings. The molecular weight excluding hydrogens is 234 g/mol. The second-order valence-corrected chi connectivity index (χ2v) is 3.92. The van der Waals surface area contributed by atoms with Gasteiger partial charge in [-0.2, -0.15) is 0 Å². The Kier molecular flexibility index (Phi) is 5.05. The van der Waals surface area contributed by atoms with Gasteiger partial charge in [-0.15, -0.1) is 0 Å². The Morgan fingerprint density at radius 2 is 1.78 bits per heavy atom. The van der Waals surface area contributed by atoms with Crippen LogP contribution >= 0.6 is 0 Å². The lowest BCUT2D eigenvalue weighted by Crippen LogP contribution is -2.38. The SMILES string of the molecule is C[C@@H](NC(=O)CCC(=O)c1ccccc1)C(=O)O. The van der Waals surface area contributed by atoms with Gasteiger partial charge in [0.2, 0.25) is 5.91 Å². The summed E-state index contributed by atoms with van der Waals surface area (Å²) in [6, 6.07) is 7.72. The summed E-state index contributed by atoms with van der Waals surface area (Å²) < 4.78 is 0. The highest BCUT2D eigenvalue weighted by Crippen LogP contribution is 2.05. The number of ketones is 1. The van der Waals surface area contributed by atoms with E-state index >= 15 is 0 Å². The zero-order valence-electron chi connectivity index (χ0n) is 10.1. The van der Waals surface area contributed by atoms with Crippen LogP contribution in [0.1, 0.15) is 30.1 Å². The lowest BCUT2D eigenvalue weighted by Gasteiger charge is -2.08. The van der Waals surface area contributed by atoms with Crippen LogP contribution < -0.4 is 5.32 Å². The first-order chi connectivity index (χ1) is 8.50. The molecule has 0 saturated heterocycles. The van der Waals surface area contributed by atoms with E-state index in [1.807, 2.05) is 0 Å². The van der Waals surface area contributed by atoms with Gasteiger partial charge in [0.05, 0.1) is 0 Å². The summed E-state index contributed by atoms with van der Waals surface area (Å²) in [5.74, 6) is -1.67. The van der Waals surface area contributed by atoms with Gasteiger partial charge in [-0.25, -0.2) is 0 Å². The Bertz CT molecular complexity index is 442. The number of nitrogens with one attached hydrogen (secondary N) is 1. The Morgan fingerprint density at radius 1 is 1.17 bits per heavy atom. The van der Waals surface area contributed by atoms with Crippen molar-refractivity contribution in [2.75, 3.05) is 0 Å². The van der Waals surface area contributed by atoms with Crippen LogP contribution in [-0.2, 0) is 9.59 Å². The lowest BCUT2D eigenvalue weighted by molar-refractivity contribution is -0.141. The maximum absolute atomic E-state index is 11.7. The number of carboxylic acids is 1. The predicted octanol–water partition coefficient (Wildman–Crippen LogP) is 1.24. The van der Waals surface area contributed by atoms with E-state index in [-0.39, 0.29) is 18.6 Å². The van der Waals surface area contributed by atoms with Gasteiger partial charge in [-0.05, 0) is 6.92 Å². The molecule has 5 nitrogen and oxygen atoms in total. The number of carbonyl (C=O) groups excluding carboxylic acids is 2. The van der Waals surface area contributed by atoms with E-state index < -0.39 is 17.9 Å². The van der Waals surface area contributed by atoms with Gasteiger partial charge >= 0.3 is 5.97 Å². The third-order valence-corrected chi connectivity index (χ3v) is 2.42. The summed E-state index contributed by atoms with van der Waals surface area (Å²) in [5, 5.41) is 10.9. The fraction of sp³-hybridized carbons (Fsp3) is 0.308. The summed E-state index contributed by atoms with van der Waals surface area (Å²) in [4.78, 5) is 33.6. The summed E-state index contributed by atoms with van der Waals surface area (Å²) in [6.07, 6.45) is 0.0630. The first kappa shape index (κ1) is 13.9. The van der Waals surface area contributed by atoms with E-state index in [0.29, 0.717) is 5.56 Å². The van der Waals surface area contributed by atoms with Crippen LogP contribution in [0.4, 0.5) is 0 Å². The molecule has 1 atom stereocenters. The van der Waals surface area contributed by atoms with E-state index in [4.69, 9.17) is 5.11 Å². The quantitative estimate of drug-likeness (QED) is 0.743. The molecule has 0 aliphatic carbocycles. The Balaban J connectivity index is 2.40. The van der Waals surface area contributed by atoms with Gasteiger partial charge in [0.1, 0.15) is 6.04 Å². The number of carbonyl (C=O) groups is 3. The Hall–Kier alpha value is -2.17. The fourth-order valence-corrected chi connectivity index (χ4v) is 1.37. The molecule has 0 bridgehead atoms. The first-order valence-electron chi connectivity index (χ1n) is 5.61. The van der Waals surface area contributed by atoms with Crippen molar-refractivity contribution in [1.82, 2.24) is 5.32 Å². The van der Waals surface area contributed by atoms with Crippen LogP contribution in [0, 0.1) is 0 Å². The van der Waals surface area contributed by atoms with Crippen molar-refractivity contribution >= 4 is 17.7 Å². The number of benzene rings is 1. The van der Waals surface area contributed by atoms with E-state index in [0.717, 1.165) is 0 Å². The normalized spacial score (nSPS) is 11.6. The summed E-state index contributed by atoms with van der Waals surface area (Å²) >= 11 is 0. The Morgan fingerprint density at radius 3 is 2.33 bits per heavy atom. The van der Waals surface area contributed by atoms with E-state index in [9.17, 15) is 14.4 Å². The van der Waals surface area contributed by atoms with Crippen LogP contribution in [0.3, 0.4) is 0 Å². The van der Waals surface area contributed by atoms with Crippen LogP contribution in [0.2, 0.25) is 0 Å².